The number of nitrogens with one attached hydrogen (secondary N) is 1. The first-order chi connectivity index (χ1) is 8.56. The fraction of sp³-hybridized carbons (Fsp3) is 0.0909. The summed E-state index contributed by atoms with van der Waals surface area (Å²) in [7, 11) is 0. The van der Waals surface area contributed by atoms with Crippen LogP contribution in [-0.4, -0.2) is 27.9 Å². The highest BCUT2D eigenvalue weighted by atomic mass is 19.3. The third-order valence-corrected chi connectivity index (χ3v) is 2.18. The van der Waals surface area contributed by atoms with Gasteiger partial charge in [-0.25, -0.2) is 4.79 Å². The summed E-state index contributed by atoms with van der Waals surface area (Å²) in [6.07, 6.45) is 0. The minimum absolute atomic E-state index is 0.0303. The number of rotatable bonds is 4. The molecule has 1 heterocycles. The molecule has 18 heavy (non-hydrogen) atoms. The van der Waals surface area contributed by atoms with Crippen LogP contribution in [0.4, 0.5) is 8.78 Å². The van der Waals surface area contributed by atoms with Crippen LogP contribution in [0.3, 0.4) is 0 Å². The second-order valence-electron chi connectivity index (χ2n) is 3.37. The molecule has 1 aromatic heterocycles. The standard InChI is InChI=1S/C11H8F2N2O3/c12-11(13)18-7-3-1-6(2-4-7)8-5-9(10(16)17)15-14-8/h1-5,11H,(H,14,15)(H,16,17). The van der Waals surface area contributed by atoms with Gasteiger partial charge in [-0.2, -0.15) is 13.9 Å². The van der Waals surface area contributed by atoms with E-state index in [9.17, 15) is 13.6 Å². The number of carboxylic acid groups (broad SMARTS) is 1. The fourth-order valence-electron chi connectivity index (χ4n) is 1.39. The first-order valence-electron chi connectivity index (χ1n) is 4.90. The number of aromatic nitrogens is 2. The Morgan fingerprint density at radius 1 is 1.33 bits per heavy atom. The zero-order valence-electron chi connectivity index (χ0n) is 8.93. The highest BCUT2D eigenvalue weighted by Crippen LogP contribution is 2.22. The number of hydrogen-bond donors (Lipinski definition) is 2. The number of benzene rings is 1. The number of aromatic amines is 1. The van der Waals surface area contributed by atoms with Crippen LogP contribution >= 0.6 is 0 Å². The number of aromatic carboxylic acids is 1. The van der Waals surface area contributed by atoms with E-state index in [1.807, 2.05) is 0 Å². The maximum Gasteiger partial charge on any atom is 0.387 e. The van der Waals surface area contributed by atoms with Crippen LogP contribution in [0.5, 0.6) is 5.75 Å². The SMILES string of the molecule is O=C(O)c1cc(-c2ccc(OC(F)F)cc2)n[nH]1. The Hall–Kier alpha value is -2.44. The first kappa shape index (κ1) is 12.0. The minimum atomic E-state index is -2.88. The zero-order valence-corrected chi connectivity index (χ0v) is 8.93. The second kappa shape index (κ2) is 4.82. The van der Waals surface area contributed by atoms with E-state index in [2.05, 4.69) is 14.9 Å². The molecule has 0 atom stereocenters. The van der Waals surface area contributed by atoms with Gasteiger partial charge in [-0.1, -0.05) is 0 Å². The third-order valence-electron chi connectivity index (χ3n) is 2.18. The number of carbonyl (C=O) groups is 1. The molecule has 94 valence electrons. The van der Waals surface area contributed by atoms with E-state index in [1.165, 1.54) is 30.3 Å². The molecule has 0 amide bonds. The number of H-pyrrole nitrogens is 1. The summed E-state index contributed by atoms with van der Waals surface area (Å²) in [5.41, 5.74) is 0.967. The Morgan fingerprint density at radius 2 is 2.00 bits per heavy atom. The average Bonchev–Trinajstić information content (AvgIpc) is 2.78. The molecule has 2 aromatic rings. The van der Waals surface area contributed by atoms with E-state index in [0.717, 1.165) is 0 Å². The quantitative estimate of drug-likeness (QED) is 0.878. The van der Waals surface area contributed by atoms with E-state index in [4.69, 9.17) is 5.11 Å². The lowest BCUT2D eigenvalue weighted by Gasteiger charge is -2.04. The Bertz CT molecular complexity index is 552. The summed E-state index contributed by atoms with van der Waals surface area (Å²) in [4.78, 5) is 10.6. The summed E-state index contributed by atoms with van der Waals surface area (Å²) in [6, 6.07) is 7.09. The Kier molecular flexibility index (Phi) is 3.22. The Balaban J connectivity index is 2.20. The number of halogens is 2. The number of ether oxygens (including phenoxy) is 1. The van der Waals surface area contributed by atoms with Crippen LogP contribution in [0, 0.1) is 0 Å². The van der Waals surface area contributed by atoms with Crippen LogP contribution in [0.2, 0.25) is 0 Å². The Morgan fingerprint density at radius 3 is 2.50 bits per heavy atom. The van der Waals surface area contributed by atoms with E-state index >= 15 is 0 Å². The third kappa shape index (κ3) is 2.62. The summed E-state index contributed by atoms with van der Waals surface area (Å²) >= 11 is 0. The monoisotopic (exact) mass is 254 g/mol. The molecule has 0 aliphatic rings. The van der Waals surface area contributed by atoms with E-state index < -0.39 is 12.6 Å². The normalized spacial score (nSPS) is 10.6. The molecule has 0 unspecified atom stereocenters. The molecule has 1 aromatic carbocycles. The molecular formula is C11H8F2N2O3. The van der Waals surface area contributed by atoms with Gasteiger partial charge < -0.3 is 9.84 Å². The van der Waals surface area contributed by atoms with Crippen LogP contribution in [0.15, 0.2) is 30.3 Å². The van der Waals surface area contributed by atoms with Gasteiger partial charge in [0.2, 0.25) is 0 Å². The van der Waals surface area contributed by atoms with Crippen molar-refractivity contribution >= 4 is 5.97 Å². The van der Waals surface area contributed by atoms with Crippen molar-refractivity contribution in [1.82, 2.24) is 10.2 Å². The summed E-state index contributed by atoms with van der Waals surface area (Å²) < 4.78 is 28.1. The highest BCUT2D eigenvalue weighted by Gasteiger charge is 2.10. The molecular weight excluding hydrogens is 246 g/mol. The van der Waals surface area contributed by atoms with Crippen molar-refractivity contribution in [1.29, 1.82) is 0 Å². The minimum Gasteiger partial charge on any atom is -0.477 e. The van der Waals surface area contributed by atoms with Crippen molar-refractivity contribution in [2.45, 2.75) is 6.61 Å². The van der Waals surface area contributed by atoms with Crippen molar-refractivity contribution < 1.29 is 23.4 Å². The molecule has 0 aliphatic carbocycles. The van der Waals surface area contributed by atoms with Gasteiger partial charge in [-0.05, 0) is 30.3 Å². The van der Waals surface area contributed by atoms with Gasteiger partial charge in [0.25, 0.3) is 0 Å². The first-order valence-corrected chi connectivity index (χ1v) is 4.90. The zero-order chi connectivity index (χ0) is 13.1. The predicted octanol–water partition coefficient (Wildman–Crippen LogP) is 2.38. The van der Waals surface area contributed by atoms with Crippen molar-refractivity contribution in [3.05, 3.63) is 36.0 Å². The molecule has 7 heteroatoms. The highest BCUT2D eigenvalue weighted by molar-refractivity contribution is 5.86. The van der Waals surface area contributed by atoms with Gasteiger partial charge >= 0.3 is 12.6 Å². The van der Waals surface area contributed by atoms with E-state index in [-0.39, 0.29) is 11.4 Å². The number of carboxylic acids is 1. The van der Waals surface area contributed by atoms with E-state index in [0.29, 0.717) is 11.3 Å². The molecule has 0 bridgehead atoms. The van der Waals surface area contributed by atoms with Gasteiger partial charge in [-0.15, -0.1) is 0 Å². The van der Waals surface area contributed by atoms with Gasteiger partial charge in [0.05, 0.1) is 5.69 Å². The molecule has 0 spiro atoms. The molecule has 0 saturated heterocycles. The second-order valence-corrected chi connectivity index (χ2v) is 3.37. The average molecular weight is 254 g/mol. The predicted molar refractivity (Wildman–Crippen MR) is 57.6 cm³/mol. The van der Waals surface area contributed by atoms with Gasteiger partial charge in [0.15, 0.2) is 0 Å². The largest absolute Gasteiger partial charge is 0.477 e. The van der Waals surface area contributed by atoms with Crippen LogP contribution in [-0.2, 0) is 0 Å². The molecule has 0 fully saturated rings. The molecule has 0 aliphatic heterocycles. The fourth-order valence-corrected chi connectivity index (χ4v) is 1.39. The van der Waals surface area contributed by atoms with Crippen molar-refractivity contribution in [3.8, 4) is 17.0 Å². The number of hydrogen-bond acceptors (Lipinski definition) is 3. The lowest BCUT2D eigenvalue weighted by molar-refractivity contribution is -0.0498. The summed E-state index contributed by atoms with van der Waals surface area (Å²) in [5, 5.41) is 14.9. The van der Waals surface area contributed by atoms with Gasteiger partial charge in [0.1, 0.15) is 11.4 Å². The number of alkyl halides is 2. The topological polar surface area (TPSA) is 75.2 Å². The summed E-state index contributed by atoms with van der Waals surface area (Å²) in [6.45, 7) is -2.88. The van der Waals surface area contributed by atoms with Crippen LogP contribution < -0.4 is 4.74 Å². The van der Waals surface area contributed by atoms with Crippen LogP contribution in [0.25, 0.3) is 11.3 Å². The van der Waals surface area contributed by atoms with Gasteiger partial charge in [0, 0.05) is 5.56 Å². The lowest BCUT2D eigenvalue weighted by atomic mass is 10.1. The van der Waals surface area contributed by atoms with E-state index in [1.54, 1.807) is 0 Å². The van der Waals surface area contributed by atoms with Gasteiger partial charge in [-0.3, -0.25) is 5.10 Å². The smallest absolute Gasteiger partial charge is 0.387 e. The molecule has 5 nitrogen and oxygen atoms in total. The maximum atomic E-state index is 11.9. The van der Waals surface area contributed by atoms with Crippen LogP contribution in [0.1, 0.15) is 10.5 Å². The molecule has 0 radical (unpaired) electrons. The maximum absolute atomic E-state index is 11.9. The molecule has 0 saturated carbocycles. The molecule has 2 N–H and O–H groups in total. The van der Waals surface area contributed by atoms with Crippen molar-refractivity contribution in [3.63, 3.8) is 0 Å². The Labute approximate surface area is 100 Å². The van der Waals surface area contributed by atoms with Crippen molar-refractivity contribution in [2.75, 3.05) is 0 Å². The number of nitrogens with zero attached hydrogens (tertiary/aromatic N) is 1. The lowest BCUT2D eigenvalue weighted by Crippen LogP contribution is -2.01. The van der Waals surface area contributed by atoms with Crippen molar-refractivity contribution in [2.24, 2.45) is 0 Å². The molecule has 2 rings (SSSR count). The summed E-state index contributed by atoms with van der Waals surface area (Å²) in [5.74, 6) is -1.09.